The van der Waals surface area contributed by atoms with E-state index in [0.717, 1.165) is 37.0 Å². The normalized spacial score (nSPS) is 19.8. The van der Waals surface area contributed by atoms with E-state index in [1.165, 1.54) is 0 Å². The van der Waals surface area contributed by atoms with Crippen molar-refractivity contribution in [1.82, 2.24) is 4.90 Å². The number of nitrogens with zero attached hydrogens (tertiary/aromatic N) is 1. The average Bonchev–Trinajstić information content (AvgIpc) is 3.48. The summed E-state index contributed by atoms with van der Waals surface area (Å²) >= 11 is 0. The smallest absolute Gasteiger partial charge is 0.295 e. The highest BCUT2D eigenvalue weighted by molar-refractivity contribution is 6.46. The number of aliphatic hydroxyl groups is 1. The van der Waals surface area contributed by atoms with Crippen LogP contribution < -0.4 is 14.2 Å². The molecule has 36 heavy (non-hydrogen) atoms. The second-order valence-corrected chi connectivity index (χ2v) is 9.94. The van der Waals surface area contributed by atoms with Gasteiger partial charge in [-0.25, -0.2) is 0 Å². The van der Waals surface area contributed by atoms with Crippen LogP contribution in [0, 0.1) is 12.8 Å². The highest BCUT2D eigenvalue weighted by atomic mass is 16.5. The maximum Gasteiger partial charge on any atom is 0.295 e. The molecule has 0 spiro atoms. The van der Waals surface area contributed by atoms with E-state index in [4.69, 9.17) is 14.2 Å². The lowest BCUT2D eigenvalue weighted by Gasteiger charge is -2.31. The predicted octanol–water partition coefficient (Wildman–Crippen LogP) is 5.41. The summed E-state index contributed by atoms with van der Waals surface area (Å²) in [4.78, 5) is 28.4. The number of amides is 1. The second kappa shape index (κ2) is 10.6. The molecule has 1 aliphatic carbocycles. The van der Waals surface area contributed by atoms with Crippen LogP contribution in [0.3, 0.4) is 0 Å². The summed E-state index contributed by atoms with van der Waals surface area (Å²) in [5.74, 6) is 0.718. The molecule has 0 aromatic heterocycles. The zero-order valence-corrected chi connectivity index (χ0v) is 21.7. The number of rotatable bonds is 8. The summed E-state index contributed by atoms with van der Waals surface area (Å²) in [6.45, 7) is 6.63. The molecule has 1 atom stereocenters. The first kappa shape index (κ1) is 25.6. The van der Waals surface area contributed by atoms with Gasteiger partial charge in [0.1, 0.15) is 11.5 Å². The molecule has 1 aliphatic heterocycles. The maximum atomic E-state index is 13.4. The first-order valence-corrected chi connectivity index (χ1v) is 12.5. The first-order chi connectivity index (χ1) is 17.3. The summed E-state index contributed by atoms with van der Waals surface area (Å²) in [6.07, 6.45) is 3.67. The number of aryl methyl sites for hydroxylation is 1. The van der Waals surface area contributed by atoms with Crippen molar-refractivity contribution in [2.24, 2.45) is 5.92 Å². The van der Waals surface area contributed by atoms with Crippen LogP contribution in [-0.4, -0.2) is 48.6 Å². The lowest BCUT2D eigenvalue weighted by molar-refractivity contribution is -0.141. The number of hydrogen-bond acceptors (Lipinski definition) is 6. The number of likely N-dealkylation sites (tertiary alicyclic amines) is 1. The highest BCUT2D eigenvalue weighted by Gasteiger charge is 2.49. The van der Waals surface area contributed by atoms with E-state index in [1.807, 2.05) is 13.0 Å². The van der Waals surface area contributed by atoms with E-state index in [2.05, 4.69) is 13.8 Å². The van der Waals surface area contributed by atoms with E-state index in [9.17, 15) is 14.7 Å². The van der Waals surface area contributed by atoms with E-state index >= 15 is 0 Å². The Balaban J connectivity index is 1.82. The topological polar surface area (TPSA) is 85.3 Å². The lowest BCUT2D eigenvalue weighted by atomic mass is 9.94. The zero-order chi connectivity index (χ0) is 26.0. The molecule has 4 rings (SSSR count). The molecule has 2 aromatic carbocycles. The Morgan fingerprint density at radius 2 is 1.67 bits per heavy atom. The molecule has 2 aliphatic rings. The molecular formula is C29H35NO6. The van der Waals surface area contributed by atoms with Gasteiger partial charge >= 0.3 is 0 Å². The fraction of sp³-hybridized carbons (Fsp3) is 0.448. The summed E-state index contributed by atoms with van der Waals surface area (Å²) in [5.41, 5.74) is 2.09. The number of Topliss-reactive ketones (excluding diaryl/α,β-unsaturated/α-hetero) is 1. The second-order valence-electron chi connectivity index (χ2n) is 9.94. The SMILES string of the molecule is COc1ccc(C2/C(=C(/O)c3ccc(OCC(C)C)c(C)c3)C(=O)C(=O)N2C2CCCC2)cc1OC. The fourth-order valence-corrected chi connectivity index (χ4v) is 5.13. The van der Waals surface area contributed by atoms with Crippen LogP contribution in [0.2, 0.25) is 0 Å². The monoisotopic (exact) mass is 493 g/mol. The van der Waals surface area contributed by atoms with Gasteiger partial charge in [0, 0.05) is 11.6 Å². The van der Waals surface area contributed by atoms with Gasteiger partial charge < -0.3 is 24.2 Å². The lowest BCUT2D eigenvalue weighted by Crippen LogP contribution is -2.37. The van der Waals surface area contributed by atoms with Crippen molar-refractivity contribution in [1.29, 1.82) is 0 Å². The number of carbonyl (C=O) groups is 2. The molecular weight excluding hydrogens is 458 g/mol. The largest absolute Gasteiger partial charge is 0.507 e. The quantitative estimate of drug-likeness (QED) is 0.301. The van der Waals surface area contributed by atoms with Gasteiger partial charge in [-0.3, -0.25) is 9.59 Å². The van der Waals surface area contributed by atoms with Crippen LogP contribution in [0.1, 0.15) is 62.3 Å². The fourth-order valence-electron chi connectivity index (χ4n) is 5.13. The Kier molecular flexibility index (Phi) is 7.57. The number of benzene rings is 2. The van der Waals surface area contributed by atoms with Crippen LogP contribution in [0.4, 0.5) is 0 Å². The molecule has 1 unspecified atom stereocenters. The Morgan fingerprint density at radius 1 is 1.00 bits per heavy atom. The molecule has 2 fully saturated rings. The number of aliphatic hydroxyl groups excluding tert-OH is 1. The zero-order valence-electron chi connectivity index (χ0n) is 21.7. The average molecular weight is 494 g/mol. The summed E-state index contributed by atoms with van der Waals surface area (Å²) < 4.78 is 16.7. The Bertz CT molecular complexity index is 1180. The molecule has 7 nitrogen and oxygen atoms in total. The van der Waals surface area contributed by atoms with Gasteiger partial charge in [-0.1, -0.05) is 32.8 Å². The van der Waals surface area contributed by atoms with Gasteiger partial charge in [0.15, 0.2) is 11.5 Å². The van der Waals surface area contributed by atoms with Crippen LogP contribution in [-0.2, 0) is 9.59 Å². The molecule has 1 heterocycles. The van der Waals surface area contributed by atoms with E-state index in [0.29, 0.717) is 35.2 Å². The maximum absolute atomic E-state index is 13.4. The predicted molar refractivity (Wildman–Crippen MR) is 137 cm³/mol. The Hall–Kier alpha value is -3.48. The summed E-state index contributed by atoms with van der Waals surface area (Å²) in [6, 6.07) is 9.90. The standard InChI is InChI=1S/C29H35NO6/c1-17(2)16-36-22-12-11-20(14-18(22)3)27(31)25-26(19-10-13-23(34-4)24(15-19)35-5)30(29(33)28(25)32)21-8-6-7-9-21/h10-15,17,21,26,31H,6-9,16H2,1-5H3/b27-25-. The van der Waals surface area contributed by atoms with Crippen molar-refractivity contribution in [3.8, 4) is 17.2 Å². The molecule has 1 N–H and O–H groups in total. The van der Waals surface area contributed by atoms with Gasteiger partial charge in [0.25, 0.3) is 11.7 Å². The number of ether oxygens (including phenoxy) is 3. The molecule has 1 amide bonds. The molecule has 7 heteroatoms. The number of ketones is 1. The van der Waals surface area contributed by atoms with Gasteiger partial charge in [-0.2, -0.15) is 0 Å². The van der Waals surface area contributed by atoms with Gasteiger partial charge in [-0.15, -0.1) is 0 Å². The molecule has 1 saturated carbocycles. The van der Waals surface area contributed by atoms with Gasteiger partial charge in [0.2, 0.25) is 0 Å². The van der Waals surface area contributed by atoms with E-state index < -0.39 is 17.7 Å². The third kappa shape index (κ3) is 4.79. The minimum absolute atomic E-state index is 0.0570. The summed E-state index contributed by atoms with van der Waals surface area (Å²) in [5, 5.41) is 11.4. The van der Waals surface area contributed by atoms with Crippen molar-refractivity contribution >= 4 is 17.4 Å². The molecule has 1 saturated heterocycles. The number of carbonyl (C=O) groups excluding carboxylic acids is 2. The number of methoxy groups -OCH3 is 2. The third-order valence-electron chi connectivity index (χ3n) is 6.94. The van der Waals surface area contributed by atoms with Gasteiger partial charge in [-0.05, 0) is 67.1 Å². The van der Waals surface area contributed by atoms with Crippen LogP contribution >= 0.6 is 0 Å². The van der Waals surface area contributed by atoms with Crippen molar-refractivity contribution in [3.05, 3.63) is 58.7 Å². The van der Waals surface area contributed by atoms with Crippen LogP contribution in [0.15, 0.2) is 42.0 Å². The third-order valence-corrected chi connectivity index (χ3v) is 6.94. The first-order valence-electron chi connectivity index (χ1n) is 12.5. The van der Waals surface area contributed by atoms with E-state index in [-0.39, 0.29) is 17.4 Å². The molecule has 2 aromatic rings. The van der Waals surface area contributed by atoms with Crippen molar-refractivity contribution < 1.29 is 28.9 Å². The minimum atomic E-state index is -0.718. The van der Waals surface area contributed by atoms with Crippen molar-refractivity contribution in [2.75, 3.05) is 20.8 Å². The molecule has 0 bridgehead atoms. The Labute approximate surface area is 212 Å². The Morgan fingerprint density at radius 3 is 2.28 bits per heavy atom. The van der Waals surface area contributed by atoms with Crippen LogP contribution in [0.25, 0.3) is 5.76 Å². The number of hydrogen-bond donors (Lipinski definition) is 1. The summed E-state index contributed by atoms with van der Waals surface area (Å²) in [7, 11) is 3.10. The van der Waals surface area contributed by atoms with E-state index in [1.54, 1.807) is 49.5 Å². The highest BCUT2D eigenvalue weighted by Crippen LogP contribution is 2.45. The van der Waals surface area contributed by atoms with Crippen LogP contribution in [0.5, 0.6) is 17.2 Å². The molecule has 192 valence electrons. The minimum Gasteiger partial charge on any atom is -0.507 e. The van der Waals surface area contributed by atoms with Crippen molar-refractivity contribution in [2.45, 2.75) is 58.5 Å². The molecule has 0 radical (unpaired) electrons. The van der Waals surface area contributed by atoms with Gasteiger partial charge in [0.05, 0.1) is 32.4 Å². The van der Waals surface area contributed by atoms with Crippen molar-refractivity contribution in [3.63, 3.8) is 0 Å².